The number of nitro benzene ring substituents is 1. The number of nitrogens with zero attached hydrogens (tertiary/aromatic N) is 5. The molecular formula is C11H8ClN5O2. The van der Waals surface area contributed by atoms with Gasteiger partial charge in [-0.2, -0.15) is 5.11 Å². The van der Waals surface area contributed by atoms with E-state index in [1.165, 1.54) is 24.5 Å². The van der Waals surface area contributed by atoms with Crippen LogP contribution in [-0.2, 0) is 6.54 Å². The fourth-order valence-corrected chi connectivity index (χ4v) is 1.48. The first-order chi connectivity index (χ1) is 9.16. The molecule has 7 nitrogen and oxygen atoms in total. The van der Waals surface area contributed by atoms with E-state index in [2.05, 4.69) is 20.2 Å². The molecule has 0 atom stereocenters. The van der Waals surface area contributed by atoms with Crippen LogP contribution in [0.4, 0.5) is 11.5 Å². The Bertz CT molecular complexity index is 632. The van der Waals surface area contributed by atoms with Crippen LogP contribution in [0.5, 0.6) is 0 Å². The zero-order valence-corrected chi connectivity index (χ0v) is 10.4. The SMILES string of the molecule is O=[N+]([O-])c1cccc(CN=Nc2nccnc2Cl)c1. The fourth-order valence-electron chi connectivity index (χ4n) is 1.33. The molecule has 1 aromatic heterocycles. The molecule has 0 aliphatic carbocycles. The highest BCUT2D eigenvalue weighted by Gasteiger charge is 2.05. The molecule has 0 amide bonds. The molecule has 0 fully saturated rings. The van der Waals surface area contributed by atoms with E-state index in [-0.39, 0.29) is 23.2 Å². The van der Waals surface area contributed by atoms with Crippen molar-refractivity contribution in [3.63, 3.8) is 0 Å². The van der Waals surface area contributed by atoms with E-state index in [4.69, 9.17) is 11.6 Å². The molecule has 2 aromatic rings. The van der Waals surface area contributed by atoms with Gasteiger partial charge in [-0.1, -0.05) is 23.7 Å². The van der Waals surface area contributed by atoms with Gasteiger partial charge in [0.2, 0.25) is 5.82 Å². The van der Waals surface area contributed by atoms with Crippen molar-refractivity contribution in [2.24, 2.45) is 10.2 Å². The Labute approximate surface area is 113 Å². The second kappa shape index (κ2) is 5.96. The molecule has 1 heterocycles. The molecule has 0 spiro atoms. The molecule has 0 saturated carbocycles. The first-order valence-electron chi connectivity index (χ1n) is 5.24. The summed E-state index contributed by atoms with van der Waals surface area (Å²) in [5, 5.41) is 18.5. The van der Waals surface area contributed by atoms with Gasteiger partial charge in [0.25, 0.3) is 5.69 Å². The van der Waals surface area contributed by atoms with Crippen molar-refractivity contribution in [3.8, 4) is 0 Å². The molecule has 0 unspecified atom stereocenters. The molecular weight excluding hydrogens is 270 g/mol. The van der Waals surface area contributed by atoms with Gasteiger partial charge < -0.3 is 0 Å². The molecule has 1 aromatic carbocycles. The lowest BCUT2D eigenvalue weighted by atomic mass is 10.2. The van der Waals surface area contributed by atoms with E-state index in [1.54, 1.807) is 12.1 Å². The Hall–Kier alpha value is -2.41. The second-order valence-corrected chi connectivity index (χ2v) is 3.86. The van der Waals surface area contributed by atoms with E-state index < -0.39 is 4.92 Å². The third kappa shape index (κ3) is 3.52. The monoisotopic (exact) mass is 277 g/mol. The Morgan fingerprint density at radius 2 is 2.11 bits per heavy atom. The van der Waals surface area contributed by atoms with Gasteiger partial charge in [-0.05, 0) is 5.56 Å². The zero-order chi connectivity index (χ0) is 13.7. The lowest BCUT2D eigenvalue weighted by Gasteiger charge is -1.96. The summed E-state index contributed by atoms with van der Waals surface area (Å²) in [5.41, 5.74) is 0.697. The Kier molecular flexibility index (Phi) is 4.09. The molecule has 0 aliphatic heterocycles. The number of benzene rings is 1. The fraction of sp³-hybridized carbons (Fsp3) is 0.0909. The van der Waals surface area contributed by atoms with Crippen LogP contribution in [-0.4, -0.2) is 14.9 Å². The van der Waals surface area contributed by atoms with Gasteiger partial charge in [-0.25, -0.2) is 9.97 Å². The van der Waals surface area contributed by atoms with Gasteiger partial charge in [0.05, 0.1) is 11.5 Å². The van der Waals surface area contributed by atoms with E-state index in [0.29, 0.717) is 5.56 Å². The van der Waals surface area contributed by atoms with E-state index in [1.807, 2.05) is 0 Å². The second-order valence-electron chi connectivity index (χ2n) is 3.50. The van der Waals surface area contributed by atoms with Gasteiger partial charge >= 0.3 is 0 Å². The summed E-state index contributed by atoms with van der Waals surface area (Å²) in [6.45, 7) is 0.203. The first kappa shape index (κ1) is 13.0. The average molecular weight is 278 g/mol. The van der Waals surface area contributed by atoms with E-state index >= 15 is 0 Å². The van der Waals surface area contributed by atoms with Crippen LogP contribution < -0.4 is 0 Å². The number of hydrogen-bond acceptors (Lipinski definition) is 6. The maximum Gasteiger partial charge on any atom is 0.269 e. The van der Waals surface area contributed by atoms with Crippen molar-refractivity contribution in [1.29, 1.82) is 0 Å². The quantitative estimate of drug-likeness (QED) is 0.486. The van der Waals surface area contributed by atoms with Gasteiger partial charge in [0, 0.05) is 24.5 Å². The van der Waals surface area contributed by atoms with Gasteiger partial charge in [0.15, 0.2) is 5.15 Å². The number of halogens is 1. The minimum atomic E-state index is -0.458. The molecule has 19 heavy (non-hydrogen) atoms. The third-order valence-electron chi connectivity index (χ3n) is 2.18. The molecule has 0 saturated heterocycles. The summed E-state index contributed by atoms with van der Waals surface area (Å²) in [6.07, 6.45) is 2.90. The smallest absolute Gasteiger partial charge is 0.258 e. The van der Waals surface area contributed by atoms with Crippen LogP contribution in [0.25, 0.3) is 0 Å². The van der Waals surface area contributed by atoms with Crippen molar-refractivity contribution < 1.29 is 4.92 Å². The van der Waals surface area contributed by atoms with Crippen molar-refractivity contribution in [3.05, 3.63) is 57.5 Å². The van der Waals surface area contributed by atoms with Gasteiger partial charge in [-0.15, -0.1) is 5.11 Å². The van der Waals surface area contributed by atoms with Gasteiger partial charge in [0.1, 0.15) is 0 Å². The normalized spacial score (nSPS) is 10.8. The maximum atomic E-state index is 10.6. The summed E-state index contributed by atoms with van der Waals surface area (Å²) >= 11 is 5.76. The average Bonchev–Trinajstić information content (AvgIpc) is 2.41. The molecule has 0 aliphatic rings. The number of non-ortho nitro benzene ring substituents is 1. The highest BCUT2D eigenvalue weighted by atomic mass is 35.5. The molecule has 0 N–H and O–H groups in total. The van der Waals surface area contributed by atoms with E-state index in [0.717, 1.165) is 0 Å². The minimum Gasteiger partial charge on any atom is -0.258 e. The predicted octanol–water partition coefficient (Wildman–Crippen LogP) is 3.32. The standard InChI is InChI=1S/C11H8ClN5O2/c12-10-11(14-5-4-13-10)16-15-7-8-2-1-3-9(6-8)17(18)19/h1-6H,7H2. The highest BCUT2D eigenvalue weighted by molar-refractivity contribution is 6.31. The summed E-state index contributed by atoms with van der Waals surface area (Å²) in [4.78, 5) is 17.8. The van der Waals surface area contributed by atoms with Crippen LogP contribution in [0.3, 0.4) is 0 Å². The predicted molar refractivity (Wildman–Crippen MR) is 68.4 cm³/mol. The maximum absolute atomic E-state index is 10.6. The van der Waals surface area contributed by atoms with Gasteiger partial charge in [-0.3, -0.25) is 10.1 Å². The number of azo groups is 1. The molecule has 96 valence electrons. The third-order valence-corrected chi connectivity index (χ3v) is 2.44. The first-order valence-corrected chi connectivity index (χ1v) is 5.62. The Morgan fingerprint density at radius 3 is 2.84 bits per heavy atom. The zero-order valence-electron chi connectivity index (χ0n) is 9.60. The van der Waals surface area contributed by atoms with Crippen LogP contribution in [0.2, 0.25) is 5.15 Å². The Morgan fingerprint density at radius 1 is 1.32 bits per heavy atom. The molecule has 2 rings (SSSR count). The minimum absolute atomic E-state index is 0.0187. The largest absolute Gasteiger partial charge is 0.269 e. The number of hydrogen-bond donors (Lipinski definition) is 0. The highest BCUT2D eigenvalue weighted by Crippen LogP contribution is 2.19. The summed E-state index contributed by atoms with van der Waals surface area (Å²) in [6, 6.07) is 6.18. The lowest BCUT2D eigenvalue weighted by Crippen LogP contribution is -1.89. The van der Waals surface area contributed by atoms with Crippen LogP contribution in [0, 0.1) is 10.1 Å². The van der Waals surface area contributed by atoms with Crippen LogP contribution >= 0.6 is 11.6 Å². The van der Waals surface area contributed by atoms with Crippen molar-refractivity contribution in [2.75, 3.05) is 0 Å². The summed E-state index contributed by atoms with van der Waals surface area (Å²) < 4.78 is 0. The molecule has 0 bridgehead atoms. The topological polar surface area (TPSA) is 93.6 Å². The van der Waals surface area contributed by atoms with Crippen molar-refractivity contribution >= 4 is 23.1 Å². The molecule has 0 radical (unpaired) electrons. The van der Waals surface area contributed by atoms with Crippen LogP contribution in [0.15, 0.2) is 46.9 Å². The van der Waals surface area contributed by atoms with Crippen molar-refractivity contribution in [2.45, 2.75) is 6.54 Å². The summed E-state index contributed by atoms with van der Waals surface area (Å²) in [5.74, 6) is 0.217. The Balaban J connectivity index is 2.09. The van der Waals surface area contributed by atoms with E-state index in [9.17, 15) is 10.1 Å². The number of nitro groups is 1. The summed E-state index contributed by atoms with van der Waals surface area (Å²) in [7, 11) is 0. The number of aromatic nitrogens is 2. The number of rotatable bonds is 4. The van der Waals surface area contributed by atoms with Crippen molar-refractivity contribution in [1.82, 2.24) is 9.97 Å². The lowest BCUT2D eigenvalue weighted by molar-refractivity contribution is -0.384. The molecule has 8 heteroatoms. The van der Waals surface area contributed by atoms with Crippen LogP contribution in [0.1, 0.15) is 5.56 Å².